The van der Waals surface area contributed by atoms with Gasteiger partial charge in [0.05, 0.1) is 5.92 Å². The van der Waals surface area contributed by atoms with Crippen LogP contribution >= 0.6 is 0 Å². The van der Waals surface area contributed by atoms with Crippen LogP contribution in [0.1, 0.15) is 68.4 Å². The normalized spacial score (nSPS) is 18.1. The first-order valence-corrected chi connectivity index (χ1v) is 10.5. The third-order valence-electron chi connectivity index (χ3n) is 5.53. The molecule has 1 heterocycles. The molecule has 0 saturated carbocycles. The Balaban J connectivity index is 1.50. The fraction of sp³-hybridized carbons (Fsp3) is 0.609. The van der Waals surface area contributed by atoms with Crippen LogP contribution in [-0.4, -0.2) is 47.5 Å². The maximum atomic E-state index is 12.7. The molecule has 6 nitrogen and oxygen atoms in total. The monoisotopic (exact) mass is 401 g/mol. The average Bonchev–Trinajstić information content (AvgIpc) is 3.13. The fourth-order valence-electron chi connectivity index (χ4n) is 3.91. The van der Waals surface area contributed by atoms with Crippen molar-refractivity contribution in [1.82, 2.24) is 4.90 Å². The van der Waals surface area contributed by atoms with Gasteiger partial charge in [0, 0.05) is 18.7 Å². The lowest BCUT2D eigenvalue weighted by atomic mass is 9.97. The number of piperidine rings is 1. The van der Waals surface area contributed by atoms with Crippen molar-refractivity contribution in [2.75, 3.05) is 13.1 Å². The number of hydrogen-bond acceptors (Lipinski definition) is 5. The SMILES string of the molecule is C[C@@H](OC(=O)C1CCN(C(=O)OC(C)(C)C)CC1)C(=O)c1ccc2c(c1)CCC2. The highest BCUT2D eigenvalue weighted by atomic mass is 16.6. The number of fused-ring (bicyclic) bond motifs is 1. The standard InChI is InChI=1S/C23H31NO5/c1-15(20(25)19-9-8-16-6-5-7-18(16)14-19)28-21(26)17-10-12-24(13-11-17)22(27)29-23(2,3)4/h8-9,14-15,17H,5-7,10-13H2,1-4H3/t15-/m1/s1. The summed E-state index contributed by atoms with van der Waals surface area (Å²) in [5.74, 6) is -0.834. The number of rotatable bonds is 4. The molecule has 0 radical (unpaired) electrons. The molecule has 1 aliphatic heterocycles. The summed E-state index contributed by atoms with van der Waals surface area (Å²) in [6.45, 7) is 8.00. The molecular formula is C23H31NO5. The molecule has 1 fully saturated rings. The van der Waals surface area contributed by atoms with Crippen molar-refractivity contribution in [3.05, 3.63) is 34.9 Å². The van der Waals surface area contributed by atoms with Gasteiger partial charge < -0.3 is 14.4 Å². The van der Waals surface area contributed by atoms with Crippen molar-refractivity contribution < 1.29 is 23.9 Å². The minimum Gasteiger partial charge on any atom is -0.454 e. The first kappa shape index (κ1) is 21.3. The summed E-state index contributed by atoms with van der Waals surface area (Å²) in [5.41, 5.74) is 2.60. The van der Waals surface area contributed by atoms with E-state index in [2.05, 4.69) is 0 Å². The minimum atomic E-state index is -0.814. The Morgan fingerprint density at radius 1 is 1.07 bits per heavy atom. The van der Waals surface area contributed by atoms with Gasteiger partial charge in [0.15, 0.2) is 6.10 Å². The fourth-order valence-corrected chi connectivity index (χ4v) is 3.91. The number of esters is 1. The number of likely N-dealkylation sites (tertiary alicyclic amines) is 1. The van der Waals surface area contributed by atoms with Crippen LogP contribution in [0.25, 0.3) is 0 Å². The van der Waals surface area contributed by atoms with Crippen LogP contribution in [0.4, 0.5) is 4.79 Å². The van der Waals surface area contributed by atoms with Gasteiger partial charge in [-0.1, -0.05) is 12.1 Å². The van der Waals surface area contributed by atoms with Crippen molar-refractivity contribution in [1.29, 1.82) is 0 Å². The number of benzene rings is 1. The number of carbonyl (C=O) groups is 3. The van der Waals surface area contributed by atoms with E-state index in [1.54, 1.807) is 11.8 Å². The Morgan fingerprint density at radius 3 is 2.38 bits per heavy atom. The molecule has 1 atom stereocenters. The molecule has 1 aromatic carbocycles. The Morgan fingerprint density at radius 2 is 1.72 bits per heavy atom. The molecule has 1 aliphatic carbocycles. The van der Waals surface area contributed by atoms with E-state index in [0.29, 0.717) is 31.5 Å². The van der Waals surface area contributed by atoms with E-state index in [0.717, 1.165) is 19.3 Å². The predicted molar refractivity (Wildman–Crippen MR) is 109 cm³/mol. The second kappa shape index (κ2) is 8.56. The van der Waals surface area contributed by atoms with Crippen LogP contribution < -0.4 is 0 Å². The number of amides is 1. The van der Waals surface area contributed by atoms with Gasteiger partial charge in [-0.3, -0.25) is 9.59 Å². The summed E-state index contributed by atoms with van der Waals surface area (Å²) in [6.07, 6.45) is 3.04. The lowest BCUT2D eigenvalue weighted by Gasteiger charge is -2.32. The molecule has 2 aliphatic rings. The van der Waals surface area contributed by atoms with E-state index in [9.17, 15) is 14.4 Å². The van der Waals surface area contributed by atoms with Crippen LogP contribution in [0, 0.1) is 5.92 Å². The van der Waals surface area contributed by atoms with Gasteiger partial charge in [0.2, 0.25) is 5.78 Å². The molecule has 6 heteroatoms. The average molecular weight is 402 g/mol. The highest BCUT2D eigenvalue weighted by Gasteiger charge is 2.32. The molecule has 158 valence electrons. The highest BCUT2D eigenvalue weighted by molar-refractivity contribution is 6.00. The van der Waals surface area contributed by atoms with Gasteiger partial charge in [0.25, 0.3) is 0 Å². The van der Waals surface area contributed by atoms with E-state index < -0.39 is 11.7 Å². The number of aryl methyl sites for hydroxylation is 2. The highest BCUT2D eigenvalue weighted by Crippen LogP contribution is 2.25. The largest absolute Gasteiger partial charge is 0.454 e. The predicted octanol–water partition coefficient (Wildman–Crippen LogP) is 3.94. The van der Waals surface area contributed by atoms with Crippen molar-refractivity contribution in [2.24, 2.45) is 5.92 Å². The van der Waals surface area contributed by atoms with E-state index in [1.165, 1.54) is 11.1 Å². The van der Waals surface area contributed by atoms with E-state index >= 15 is 0 Å². The Kier molecular flexibility index (Phi) is 6.30. The second-order valence-corrected chi connectivity index (χ2v) is 9.02. The number of ether oxygens (including phenoxy) is 2. The number of hydrogen-bond donors (Lipinski definition) is 0. The van der Waals surface area contributed by atoms with Crippen LogP contribution in [-0.2, 0) is 27.1 Å². The molecule has 1 amide bonds. The van der Waals surface area contributed by atoms with Gasteiger partial charge in [-0.05, 0) is 77.0 Å². The molecule has 0 spiro atoms. The molecule has 0 aromatic heterocycles. The third-order valence-corrected chi connectivity index (χ3v) is 5.53. The number of carbonyl (C=O) groups excluding carboxylic acids is 3. The zero-order valence-electron chi connectivity index (χ0n) is 17.8. The second-order valence-electron chi connectivity index (χ2n) is 9.02. The molecule has 29 heavy (non-hydrogen) atoms. The topological polar surface area (TPSA) is 72.9 Å². The first-order chi connectivity index (χ1) is 13.6. The van der Waals surface area contributed by atoms with Crippen molar-refractivity contribution in [3.8, 4) is 0 Å². The molecule has 0 bridgehead atoms. The van der Waals surface area contributed by atoms with E-state index in [-0.39, 0.29) is 23.8 Å². The Bertz CT molecular complexity index is 787. The first-order valence-electron chi connectivity index (χ1n) is 10.5. The van der Waals surface area contributed by atoms with Gasteiger partial charge in [0.1, 0.15) is 5.60 Å². The third kappa shape index (κ3) is 5.37. The summed E-state index contributed by atoms with van der Waals surface area (Å²) in [5, 5.41) is 0. The zero-order valence-corrected chi connectivity index (χ0v) is 17.8. The number of Topliss-reactive ketones (excluding diaryl/α,β-unsaturated/α-hetero) is 1. The van der Waals surface area contributed by atoms with Gasteiger partial charge in [-0.15, -0.1) is 0 Å². The summed E-state index contributed by atoms with van der Waals surface area (Å²) in [4.78, 5) is 39.0. The molecule has 1 saturated heterocycles. The lowest BCUT2D eigenvalue weighted by Crippen LogP contribution is -2.43. The maximum Gasteiger partial charge on any atom is 0.410 e. The summed E-state index contributed by atoms with van der Waals surface area (Å²) < 4.78 is 10.9. The van der Waals surface area contributed by atoms with Crippen molar-refractivity contribution in [2.45, 2.75) is 71.5 Å². The smallest absolute Gasteiger partial charge is 0.410 e. The number of nitrogens with zero attached hydrogens (tertiary/aromatic N) is 1. The molecule has 3 rings (SSSR count). The van der Waals surface area contributed by atoms with E-state index in [1.807, 2.05) is 39.0 Å². The van der Waals surface area contributed by atoms with Gasteiger partial charge in [-0.2, -0.15) is 0 Å². The molecule has 1 aromatic rings. The number of ketones is 1. The molecule has 0 N–H and O–H groups in total. The Labute approximate surface area is 172 Å². The van der Waals surface area contributed by atoms with Gasteiger partial charge in [-0.25, -0.2) is 4.79 Å². The lowest BCUT2D eigenvalue weighted by molar-refractivity contribution is -0.152. The van der Waals surface area contributed by atoms with Crippen LogP contribution in [0.15, 0.2) is 18.2 Å². The zero-order chi connectivity index (χ0) is 21.2. The van der Waals surface area contributed by atoms with Crippen LogP contribution in [0.3, 0.4) is 0 Å². The van der Waals surface area contributed by atoms with Crippen LogP contribution in [0.5, 0.6) is 0 Å². The van der Waals surface area contributed by atoms with E-state index in [4.69, 9.17) is 9.47 Å². The summed E-state index contributed by atoms with van der Waals surface area (Å²) in [6, 6.07) is 5.78. The Hall–Kier alpha value is -2.37. The van der Waals surface area contributed by atoms with Crippen LogP contribution in [0.2, 0.25) is 0 Å². The quantitative estimate of drug-likeness (QED) is 0.564. The molecular weight excluding hydrogens is 370 g/mol. The van der Waals surface area contributed by atoms with Gasteiger partial charge >= 0.3 is 12.1 Å². The summed E-state index contributed by atoms with van der Waals surface area (Å²) in [7, 11) is 0. The van der Waals surface area contributed by atoms with Crippen molar-refractivity contribution in [3.63, 3.8) is 0 Å². The maximum absolute atomic E-state index is 12.7. The van der Waals surface area contributed by atoms with Crippen molar-refractivity contribution >= 4 is 17.8 Å². The molecule has 0 unspecified atom stereocenters. The minimum absolute atomic E-state index is 0.167. The summed E-state index contributed by atoms with van der Waals surface area (Å²) >= 11 is 0.